The molecule has 0 aliphatic heterocycles. The maximum Gasteiger partial charge on any atom is 0.405 e. The first kappa shape index (κ1) is 12.7. The van der Waals surface area contributed by atoms with Crippen LogP contribution in [-0.4, -0.2) is 36.6 Å². The lowest BCUT2D eigenvalue weighted by atomic mass is 10.3. The quantitative estimate of drug-likeness (QED) is 0.576. The van der Waals surface area contributed by atoms with Gasteiger partial charge in [0.15, 0.2) is 0 Å². The molecular weight excluding hydrogens is 186 g/mol. The van der Waals surface area contributed by atoms with Gasteiger partial charge in [-0.3, -0.25) is 0 Å². The van der Waals surface area contributed by atoms with Crippen molar-refractivity contribution in [2.24, 2.45) is 5.73 Å². The zero-order chi connectivity index (χ0) is 11.0. The van der Waals surface area contributed by atoms with Gasteiger partial charge >= 0.3 is 6.09 Å². The molecule has 80 valence electrons. The van der Waals surface area contributed by atoms with E-state index in [1.807, 2.05) is 0 Å². The molecule has 5 heteroatoms. The molecule has 0 fully saturated rings. The van der Waals surface area contributed by atoms with Gasteiger partial charge in [0.05, 0.1) is 19.3 Å². The Bertz CT molecular complexity index is 205. The molecule has 2 atom stereocenters. The highest BCUT2D eigenvalue weighted by Crippen LogP contribution is 1.99. The van der Waals surface area contributed by atoms with Crippen LogP contribution in [0, 0.1) is 0 Å². The van der Waals surface area contributed by atoms with Gasteiger partial charge in [-0.2, -0.15) is 0 Å². The maximum absolute atomic E-state index is 10.4. The van der Waals surface area contributed by atoms with Crippen LogP contribution in [0.15, 0.2) is 25.3 Å². The van der Waals surface area contributed by atoms with E-state index in [4.69, 9.17) is 15.6 Å². The molecular formula is C9H15NO4. The molecule has 0 radical (unpaired) electrons. The van der Waals surface area contributed by atoms with Crippen LogP contribution in [0.2, 0.25) is 0 Å². The number of amides is 1. The molecule has 0 aromatic heterocycles. The van der Waals surface area contributed by atoms with E-state index in [-0.39, 0.29) is 13.2 Å². The van der Waals surface area contributed by atoms with E-state index >= 15 is 0 Å². The molecule has 2 unspecified atom stereocenters. The van der Waals surface area contributed by atoms with Gasteiger partial charge in [0.25, 0.3) is 0 Å². The fourth-order valence-corrected chi connectivity index (χ4v) is 0.713. The van der Waals surface area contributed by atoms with Crippen molar-refractivity contribution in [2.45, 2.75) is 12.2 Å². The third-order valence-electron chi connectivity index (χ3n) is 1.45. The van der Waals surface area contributed by atoms with Crippen LogP contribution in [0.1, 0.15) is 0 Å². The molecule has 0 aromatic carbocycles. The van der Waals surface area contributed by atoms with Crippen molar-refractivity contribution < 1.29 is 19.4 Å². The molecule has 0 aliphatic carbocycles. The predicted octanol–water partition coefficient (Wildman–Crippen LogP) is 0.200. The number of nitrogens with two attached hydrogens (primary N) is 1. The molecule has 0 rings (SSSR count). The monoisotopic (exact) mass is 201 g/mol. The Hall–Kier alpha value is -1.33. The van der Waals surface area contributed by atoms with E-state index in [0.717, 1.165) is 0 Å². The first-order valence-electron chi connectivity index (χ1n) is 4.07. The predicted molar refractivity (Wildman–Crippen MR) is 51.7 cm³/mol. The smallest absolute Gasteiger partial charge is 0.405 e. The van der Waals surface area contributed by atoms with Crippen LogP contribution in [0.25, 0.3) is 0 Å². The van der Waals surface area contributed by atoms with E-state index < -0.39 is 18.3 Å². The van der Waals surface area contributed by atoms with E-state index in [9.17, 15) is 4.79 Å². The SMILES string of the molecule is C=CC(CO)OCC(C=C)OC(N)=O. The Morgan fingerprint density at radius 2 is 2.00 bits per heavy atom. The van der Waals surface area contributed by atoms with Gasteiger partial charge in [-0.05, 0) is 6.08 Å². The number of primary amides is 1. The summed E-state index contributed by atoms with van der Waals surface area (Å²) in [5.74, 6) is 0. The van der Waals surface area contributed by atoms with Crippen LogP contribution >= 0.6 is 0 Å². The molecule has 0 heterocycles. The second-order valence-corrected chi connectivity index (χ2v) is 2.50. The lowest BCUT2D eigenvalue weighted by molar-refractivity contribution is -0.00135. The molecule has 0 aromatic rings. The number of aliphatic hydroxyl groups excluding tert-OH is 1. The second-order valence-electron chi connectivity index (χ2n) is 2.50. The minimum atomic E-state index is -0.891. The summed E-state index contributed by atoms with van der Waals surface area (Å²) in [5.41, 5.74) is 4.81. The number of ether oxygens (including phenoxy) is 2. The average Bonchev–Trinajstić information content (AvgIpc) is 2.17. The Labute approximate surface area is 82.8 Å². The van der Waals surface area contributed by atoms with Crippen LogP contribution in [-0.2, 0) is 9.47 Å². The van der Waals surface area contributed by atoms with Crippen molar-refractivity contribution in [3.05, 3.63) is 25.3 Å². The number of aliphatic hydroxyl groups is 1. The minimum absolute atomic E-state index is 0.0870. The Morgan fingerprint density at radius 1 is 1.43 bits per heavy atom. The van der Waals surface area contributed by atoms with Crippen LogP contribution in [0.3, 0.4) is 0 Å². The molecule has 0 saturated heterocycles. The summed E-state index contributed by atoms with van der Waals surface area (Å²) in [6.07, 6.45) is 0.861. The summed E-state index contributed by atoms with van der Waals surface area (Å²) in [5, 5.41) is 8.74. The first-order valence-corrected chi connectivity index (χ1v) is 4.07. The summed E-state index contributed by atoms with van der Waals surface area (Å²) < 4.78 is 9.74. The molecule has 3 N–H and O–H groups in total. The molecule has 1 amide bonds. The molecule has 14 heavy (non-hydrogen) atoms. The Kier molecular flexibility index (Phi) is 6.43. The summed E-state index contributed by atoms with van der Waals surface area (Å²) in [7, 11) is 0. The van der Waals surface area contributed by atoms with Gasteiger partial charge in [0.2, 0.25) is 0 Å². The molecule has 0 saturated carbocycles. The number of carbonyl (C=O) groups is 1. The van der Waals surface area contributed by atoms with Gasteiger partial charge in [0.1, 0.15) is 6.10 Å². The summed E-state index contributed by atoms with van der Waals surface area (Å²) in [6, 6.07) is 0. The zero-order valence-corrected chi connectivity index (χ0v) is 7.89. The van der Waals surface area contributed by atoms with Crippen molar-refractivity contribution in [2.75, 3.05) is 13.2 Å². The van der Waals surface area contributed by atoms with E-state index in [1.165, 1.54) is 12.2 Å². The number of hydrogen-bond donors (Lipinski definition) is 2. The van der Waals surface area contributed by atoms with Gasteiger partial charge in [0, 0.05) is 0 Å². The minimum Gasteiger partial charge on any atom is -0.440 e. The third kappa shape index (κ3) is 5.34. The van der Waals surface area contributed by atoms with Crippen LogP contribution in [0.5, 0.6) is 0 Å². The van der Waals surface area contributed by atoms with Crippen molar-refractivity contribution in [3.63, 3.8) is 0 Å². The number of carbonyl (C=O) groups excluding carboxylic acids is 1. The van der Waals surface area contributed by atoms with Crippen molar-refractivity contribution >= 4 is 6.09 Å². The number of rotatable bonds is 7. The Morgan fingerprint density at radius 3 is 2.36 bits per heavy atom. The van der Waals surface area contributed by atoms with Gasteiger partial charge in [-0.15, -0.1) is 6.58 Å². The molecule has 0 aliphatic rings. The highest BCUT2D eigenvalue weighted by Gasteiger charge is 2.10. The van der Waals surface area contributed by atoms with Crippen molar-refractivity contribution in [3.8, 4) is 0 Å². The van der Waals surface area contributed by atoms with Gasteiger partial charge in [-0.25, -0.2) is 4.79 Å². The lowest BCUT2D eigenvalue weighted by Crippen LogP contribution is -2.28. The fourth-order valence-electron chi connectivity index (χ4n) is 0.713. The average molecular weight is 201 g/mol. The molecule has 5 nitrogen and oxygen atoms in total. The van der Waals surface area contributed by atoms with Crippen molar-refractivity contribution in [1.82, 2.24) is 0 Å². The van der Waals surface area contributed by atoms with Crippen molar-refractivity contribution in [1.29, 1.82) is 0 Å². The van der Waals surface area contributed by atoms with Gasteiger partial charge in [-0.1, -0.05) is 12.7 Å². The topological polar surface area (TPSA) is 81.8 Å². The highest BCUT2D eigenvalue weighted by atomic mass is 16.6. The molecule has 0 spiro atoms. The van der Waals surface area contributed by atoms with E-state index in [1.54, 1.807) is 0 Å². The number of hydrogen-bond acceptors (Lipinski definition) is 4. The second kappa shape index (κ2) is 7.11. The maximum atomic E-state index is 10.4. The zero-order valence-electron chi connectivity index (χ0n) is 7.89. The van der Waals surface area contributed by atoms with Crippen LogP contribution < -0.4 is 5.73 Å². The lowest BCUT2D eigenvalue weighted by Gasteiger charge is -2.16. The van der Waals surface area contributed by atoms with Crippen LogP contribution in [0.4, 0.5) is 4.79 Å². The standard InChI is InChI=1S/C9H15NO4/c1-3-7(5-11)13-6-8(4-2)14-9(10)12/h3-4,7-8,11H,1-2,5-6H2,(H2,10,12). The fraction of sp³-hybridized carbons (Fsp3) is 0.444. The molecule has 0 bridgehead atoms. The van der Waals surface area contributed by atoms with Gasteiger partial charge < -0.3 is 20.3 Å². The summed E-state index contributed by atoms with van der Waals surface area (Å²) >= 11 is 0. The first-order chi connectivity index (χ1) is 6.63. The Balaban J connectivity index is 3.87. The summed E-state index contributed by atoms with van der Waals surface area (Å²) in [4.78, 5) is 10.4. The third-order valence-corrected chi connectivity index (χ3v) is 1.45. The summed E-state index contributed by atoms with van der Waals surface area (Å²) in [6.45, 7) is 6.81. The largest absolute Gasteiger partial charge is 0.440 e. The van der Waals surface area contributed by atoms with E-state index in [0.29, 0.717) is 0 Å². The normalized spacial score (nSPS) is 14.1. The highest BCUT2D eigenvalue weighted by molar-refractivity contribution is 5.65. The van der Waals surface area contributed by atoms with E-state index in [2.05, 4.69) is 17.9 Å².